The van der Waals surface area contributed by atoms with Crippen molar-refractivity contribution in [2.75, 3.05) is 39.3 Å². The van der Waals surface area contributed by atoms with E-state index in [4.69, 9.17) is 0 Å². The van der Waals surface area contributed by atoms with Crippen LogP contribution in [-0.2, 0) is 16.0 Å². The summed E-state index contributed by atoms with van der Waals surface area (Å²) in [6.45, 7) is 11.3. The molecule has 1 aromatic rings. The number of hydrogen-bond donors (Lipinski definition) is 0. The fourth-order valence-electron chi connectivity index (χ4n) is 4.24. The number of fused-ring (bicyclic) bond motifs is 1. The Labute approximate surface area is 156 Å². The van der Waals surface area contributed by atoms with Crippen molar-refractivity contribution in [1.82, 2.24) is 14.7 Å². The fourth-order valence-corrected chi connectivity index (χ4v) is 4.24. The minimum absolute atomic E-state index is 0.0547. The van der Waals surface area contributed by atoms with Crippen molar-refractivity contribution < 1.29 is 9.59 Å². The zero-order valence-electron chi connectivity index (χ0n) is 16.3. The highest BCUT2D eigenvalue weighted by atomic mass is 16.2. The molecule has 2 amide bonds. The first-order valence-electron chi connectivity index (χ1n) is 9.81. The quantitative estimate of drug-likeness (QED) is 0.831. The lowest BCUT2D eigenvalue weighted by atomic mass is 9.90. The second-order valence-electron chi connectivity index (χ2n) is 7.96. The number of carbonyl (C=O) groups excluding carboxylic acids is 2. The van der Waals surface area contributed by atoms with E-state index in [0.29, 0.717) is 18.9 Å². The van der Waals surface area contributed by atoms with Gasteiger partial charge in [0.2, 0.25) is 11.8 Å². The molecule has 1 fully saturated rings. The SMILES string of the molecule is CC(=O)N1CCc2ccccc2C1CC(=O)N1CCN(CC(C)C)CC1. The summed E-state index contributed by atoms with van der Waals surface area (Å²) in [5, 5.41) is 0. The molecule has 0 radical (unpaired) electrons. The minimum atomic E-state index is -0.126. The van der Waals surface area contributed by atoms with Crippen molar-refractivity contribution in [3.05, 3.63) is 35.4 Å². The third kappa shape index (κ3) is 4.26. The van der Waals surface area contributed by atoms with Crippen LogP contribution in [-0.4, -0.2) is 65.8 Å². The first kappa shape index (κ1) is 18.9. The zero-order valence-corrected chi connectivity index (χ0v) is 16.3. The average molecular weight is 357 g/mol. The number of hydrogen-bond acceptors (Lipinski definition) is 3. The van der Waals surface area contributed by atoms with Gasteiger partial charge >= 0.3 is 0 Å². The maximum absolute atomic E-state index is 12.9. The smallest absolute Gasteiger partial charge is 0.225 e. The van der Waals surface area contributed by atoms with E-state index < -0.39 is 0 Å². The molecule has 1 atom stereocenters. The van der Waals surface area contributed by atoms with Crippen LogP contribution in [0.5, 0.6) is 0 Å². The summed E-state index contributed by atoms with van der Waals surface area (Å²) >= 11 is 0. The van der Waals surface area contributed by atoms with Gasteiger partial charge in [-0.1, -0.05) is 38.1 Å². The summed E-state index contributed by atoms with van der Waals surface area (Å²) in [7, 11) is 0. The van der Waals surface area contributed by atoms with E-state index in [1.807, 2.05) is 21.9 Å². The molecule has 1 saturated heterocycles. The Morgan fingerprint density at radius 1 is 1.08 bits per heavy atom. The molecule has 0 bridgehead atoms. The van der Waals surface area contributed by atoms with Crippen molar-refractivity contribution in [3.63, 3.8) is 0 Å². The van der Waals surface area contributed by atoms with E-state index in [2.05, 4.69) is 30.9 Å². The van der Waals surface area contributed by atoms with Crippen LogP contribution in [0, 0.1) is 5.92 Å². The summed E-state index contributed by atoms with van der Waals surface area (Å²) in [5.41, 5.74) is 2.41. The Balaban J connectivity index is 1.67. The van der Waals surface area contributed by atoms with E-state index in [-0.39, 0.29) is 17.9 Å². The van der Waals surface area contributed by atoms with E-state index >= 15 is 0 Å². The number of piperazine rings is 1. The van der Waals surface area contributed by atoms with Gasteiger partial charge in [0.05, 0.1) is 12.5 Å². The van der Waals surface area contributed by atoms with Gasteiger partial charge in [0.25, 0.3) is 0 Å². The number of amides is 2. The lowest BCUT2D eigenvalue weighted by Gasteiger charge is -2.39. The van der Waals surface area contributed by atoms with Gasteiger partial charge in [0.15, 0.2) is 0 Å². The molecule has 0 saturated carbocycles. The first-order chi connectivity index (χ1) is 12.5. The fraction of sp³-hybridized carbons (Fsp3) is 0.619. The van der Waals surface area contributed by atoms with Gasteiger partial charge in [0, 0.05) is 46.2 Å². The van der Waals surface area contributed by atoms with Crippen molar-refractivity contribution in [2.24, 2.45) is 5.92 Å². The molecule has 1 unspecified atom stereocenters. The van der Waals surface area contributed by atoms with Crippen LogP contribution in [0.1, 0.15) is 44.4 Å². The highest BCUT2D eigenvalue weighted by Gasteiger charge is 2.32. The lowest BCUT2D eigenvalue weighted by molar-refractivity contribution is -0.137. The van der Waals surface area contributed by atoms with E-state index in [0.717, 1.165) is 44.7 Å². The number of benzene rings is 1. The zero-order chi connectivity index (χ0) is 18.7. The second kappa shape index (κ2) is 8.21. The van der Waals surface area contributed by atoms with Crippen molar-refractivity contribution in [3.8, 4) is 0 Å². The monoisotopic (exact) mass is 357 g/mol. The molecule has 5 nitrogen and oxygen atoms in total. The predicted molar refractivity (Wildman–Crippen MR) is 103 cm³/mol. The lowest BCUT2D eigenvalue weighted by Crippen LogP contribution is -2.50. The molecule has 0 spiro atoms. The summed E-state index contributed by atoms with van der Waals surface area (Å²) in [6.07, 6.45) is 1.26. The van der Waals surface area contributed by atoms with Crippen LogP contribution in [0.4, 0.5) is 0 Å². The van der Waals surface area contributed by atoms with Crippen molar-refractivity contribution in [2.45, 2.75) is 39.7 Å². The van der Waals surface area contributed by atoms with Gasteiger partial charge in [0.1, 0.15) is 0 Å². The number of carbonyl (C=O) groups is 2. The summed E-state index contributed by atoms with van der Waals surface area (Å²) in [5.74, 6) is 0.876. The van der Waals surface area contributed by atoms with E-state index in [1.54, 1.807) is 6.92 Å². The normalized spacial score (nSPS) is 21.0. The molecular weight excluding hydrogens is 326 g/mol. The predicted octanol–water partition coefficient (Wildman–Crippen LogP) is 2.32. The molecule has 142 valence electrons. The molecule has 2 aliphatic heterocycles. The maximum Gasteiger partial charge on any atom is 0.225 e. The molecule has 2 aliphatic rings. The number of rotatable bonds is 4. The third-order valence-corrected chi connectivity index (χ3v) is 5.53. The highest BCUT2D eigenvalue weighted by Crippen LogP contribution is 2.32. The molecular formula is C21H31N3O2. The summed E-state index contributed by atoms with van der Waals surface area (Å²) in [4.78, 5) is 31.3. The van der Waals surface area contributed by atoms with Crippen LogP contribution in [0.3, 0.4) is 0 Å². The van der Waals surface area contributed by atoms with Gasteiger partial charge in [-0.3, -0.25) is 14.5 Å². The molecule has 0 aliphatic carbocycles. The second-order valence-corrected chi connectivity index (χ2v) is 7.96. The molecule has 1 aromatic carbocycles. The minimum Gasteiger partial charge on any atom is -0.340 e. The molecule has 26 heavy (non-hydrogen) atoms. The number of nitrogens with zero attached hydrogens (tertiary/aromatic N) is 3. The van der Waals surface area contributed by atoms with Crippen LogP contribution in [0.25, 0.3) is 0 Å². The summed E-state index contributed by atoms with van der Waals surface area (Å²) in [6, 6.07) is 8.11. The largest absolute Gasteiger partial charge is 0.340 e. The van der Waals surface area contributed by atoms with Gasteiger partial charge in [-0.25, -0.2) is 0 Å². The summed E-state index contributed by atoms with van der Waals surface area (Å²) < 4.78 is 0. The topological polar surface area (TPSA) is 43.9 Å². The van der Waals surface area contributed by atoms with E-state index in [1.165, 1.54) is 5.56 Å². The Hall–Kier alpha value is -1.88. The van der Waals surface area contributed by atoms with Crippen LogP contribution < -0.4 is 0 Å². The Bertz CT molecular complexity index is 650. The van der Waals surface area contributed by atoms with E-state index in [9.17, 15) is 9.59 Å². The van der Waals surface area contributed by atoms with Gasteiger partial charge in [-0.05, 0) is 23.5 Å². The highest BCUT2D eigenvalue weighted by molar-refractivity contribution is 5.80. The third-order valence-electron chi connectivity index (χ3n) is 5.53. The van der Waals surface area contributed by atoms with Crippen LogP contribution in [0.15, 0.2) is 24.3 Å². The van der Waals surface area contributed by atoms with Crippen LogP contribution in [0.2, 0.25) is 0 Å². The standard InChI is InChI=1S/C21H31N3O2/c1-16(2)15-22-10-12-23(13-11-22)21(26)14-20-19-7-5-4-6-18(19)8-9-24(20)17(3)25/h4-7,16,20H,8-15H2,1-3H3. The Morgan fingerprint density at radius 3 is 2.42 bits per heavy atom. The van der Waals surface area contributed by atoms with Gasteiger partial charge in [-0.15, -0.1) is 0 Å². The Kier molecular flexibility index (Phi) is 5.97. The maximum atomic E-state index is 12.9. The van der Waals surface area contributed by atoms with Crippen molar-refractivity contribution >= 4 is 11.8 Å². The van der Waals surface area contributed by atoms with Gasteiger partial charge in [-0.2, -0.15) is 0 Å². The molecule has 3 rings (SSSR count). The molecule has 2 heterocycles. The Morgan fingerprint density at radius 2 is 1.77 bits per heavy atom. The first-order valence-corrected chi connectivity index (χ1v) is 9.81. The molecule has 5 heteroatoms. The van der Waals surface area contributed by atoms with Crippen LogP contribution >= 0.6 is 0 Å². The van der Waals surface area contributed by atoms with Gasteiger partial charge < -0.3 is 9.80 Å². The average Bonchev–Trinajstić information content (AvgIpc) is 2.61. The molecule has 0 N–H and O–H groups in total. The molecule has 0 aromatic heterocycles. The van der Waals surface area contributed by atoms with Crippen molar-refractivity contribution in [1.29, 1.82) is 0 Å².